The molecule has 1 aromatic carbocycles. The molecule has 0 bridgehead atoms. The Hall–Kier alpha value is -1.59. The van der Waals surface area contributed by atoms with Crippen LogP contribution >= 0.6 is 23.2 Å². The summed E-state index contributed by atoms with van der Waals surface area (Å²) in [5.74, 6) is 1.16. The highest BCUT2D eigenvalue weighted by atomic mass is 35.5. The number of nitrogens with one attached hydrogen (secondary N) is 2. The van der Waals surface area contributed by atoms with Gasteiger partial charge in [0.1, 0.15) is 0 Å². The molecule has 7 heteroatoms. The Kier molecular flexibility index (Phi) is 4.41. The summed E-state index contributed by atoms with van der Waals surface area (Å²) in [6.07, 6.45) is 6.53. The predicted octanol–water partition coefficient (Wildman–Crippen LogP) is 4.28. The number of anilines is 3. The van der Waals surface area contributed by atoms with Crippen molar-refractivity contribution in [3.63, 3.8) is 0 Å². The van der Waals surface area contributed by atoms with Crippen molar-refractivity contribution >= 4 is 40.7 Å². The third kappa shape index (κ3) is 3.74. The Morgan fingerprint density at radius 1 is 1.10 bits per heavy atom. The monoisotopic (exact) mass is 323 g/mol. The number of benzene rings is 1. The summed E-state index contributed by atoms with van der Waals surface area (Å²) in [5, 5.41) is 15.4. The van der Waals surface area contributed by atoms with Crippen LogP contribution in [0.15, 0.2) is 24.4 Å². The maximum Gasteiger partial charge on any atom is 0.249 e. The van der Waals surface area contributed by atoms with Crippen molar-refractivity contribution in [2.75, 3.05) is 10.6 Å². The minimum absolute atomic E-state index is 0.427. The van der Waals surface area contributed by atoms with E-state index in [2.05, 4.69) is 25.8 Å². The fraction of sp³-hybridized carbons (Fsp3) is 0.357. The average Bonchev–Trinajstić information content (AvgIpc) is 2.96. The summed E-state index contributed by atoms with van der Waals surface area (Å²) in [4.78, 5) is 4.41. The smallest absolute Gasteiger partial charge is 0.249 e. The third-order valence-corrected chi connectivity index (χ3v) is 4.18. The van der Waals surface area contributed by atoms with Gasteiger partial charge in [-0.25, -0.2) is 0 Å². The SMILES string of the molecule is Clc1ccc(Nc2nncc(NC3CCCC3)n2)cc1Cl. The van der Waals surface area contributed by atoms with Crippen LogP contribution in [-0.2, 0) is 0 Å². The van der Waals surface area contributed by atoms with Gasteiger partial charge >= 0.3 is 0 Å². The number of rotatable bonds is 4. The second kappa shape index (κ2) is 6.45. The van der Waals surface area contributed by atoms with Crippen molar-refractivity contribution < 1.29 is 0 Å². The van der Waals surface area contributed by atoms with Gasteiger partial charge in [0.2, 0.25) is 5.95 Å². The molecule has 1 heterocycles. The lowest BCUT2D eigenvalue weighted by Crippen LogP contribution is -2.16. The zero-order valence-electron chi connectivity index (χ0n) is 11.3. The van der Waals surface area contributed by atoms with Crippen LogP contribution in [-0.4, -0.2) is 21.2 Å². The van der Waals surface area contributed by atoms with Gasteiger partial charge in [0.15, 0.2) is 5.82 Å². The normalized spacial score (nSPS) is 15.1. The lowest BCUT2D eigenvalue weighted by molar-refractivity contribution is 0.747. The highest BCUT2D eigenvalue weighted by Gasteiger charge is 2.15. The van der Waals surface area contributed by atoms with E-state index in [4.69, 9.17) is 23.2 Å². The molecule has 1 aromatic heterocycles. The van der Waals surface area contributed by atoms with Crippen LogP contribution in [0.4, 0.5) is 17.5 Å². The van der Waals surface area contributed by atoms with E-state index in [-0.39, 0.29) is 0 Å². The molecule has 5 nitrogen and oxygen atoms in total. The van der Waals surface area contributed by atoms with Gasteiger partial charge in [0.25, 0.3) is 0 Å². The van der Waals surface area contributed by atoms with Crippen LogP contribution in [0.2, 0.25) is 10.0 Å². The Morgan fingerprint density at radius 3 is 2.67 bits per heavy atom. The second-order valence-electron chi connectivity index (χ2n) is 5.04. The van der Waals surface area contributed by atoms with Crippen molar-refractivity contribution in [3.05, 3.63) is 34.4 Å². The van der Waals surface area contributed by atoms with E-state index in [1.165, 1.54) is 25.7 Å². The number of hydrogen-bond donors (Lipinski definition) is 2. The highest BCUT2D eigenvalue weighted by molar-refractivity contribution is 6.42. The number of aromatic nitrogens is 3. The van der Waals surface area contributed by atoms with Crippen LogP contribution in [0.25, 0.3) is 0 Å². The van der Waals surface area contributed by atoms with Gasteiger partial charge in [-0.05, 0) is 31.0 Å². The van der Waals surface area contributed by atoms with Gasteiger partial charge in [-0.2, -0.15) is 10.1 Å². The maximum absolute atomic E-state index is 5.98. The molecule has 0 spiro atoms. The molecule has 0 radical (unpaired) electrons. The largest absolute Gasteiger partial charge is 0.366 e. The minimum Gasteiger partial charge on any atom is -0.366 e. The molecule has 1 aliphatic rings. The Labute approximate surface area is 133 Å². The molecular weight excluding hydrogens is 309 g/mol. The molecule has 0 atom stereocenters. The van der Waals surface area contributed by atoms with E-state index in [1.54, 1.807) is 18.3 Å². The van der Waals surface area contributed by atoms with Crippen LogP contribution in [0.1, 0.15) is 25.7 Å². The highest BCUT2D eigenvalue weighted by Crippen LogP contribution is 2.26. The first-order valence-corrected chi connectivity index (χ1v) is 7.64. The molecular formula is C14H15Cl2N5. The van der Waals surface area contributed by atoms with E-state index in [1.807, 2.05) is 6.07 Å². The van der Waals surface area contributed by atoms with Crippen molar-refractivity contribution in [2.24, 2.45) is 0 Å². The van der Waals surface area contributed by atoms with Crippen molar-refractivity contribution in [2.45, 2.75) is 31.7 Å². The molecule has 0 amide bonds. The van der Waals surface area contributed by atoms with E-state index in [0.717, 1.165) is 11.5 Å². The number of nitrogens with zero attached hydrogens (tertiary/aromatic N) is 3. The van der Waals surface area contributed by atoms with Crippen LogP contribution in [0.5, 0.6) is 0 Å². The van der Waals surface area contributed by atoms with Gasteiger partial charge in [-0.15, -0.1) is 5.10 Å². The summed E-state index contributed by atoms with van der Waals surface area (Å²) in [7, 11) is 0. The van der Waals surface area contributed by atoms with Gasteiger partial charge in [-0.3, -0.25) is 0 Å². The lowest BCUT2D eigenvalue weighted by Gasteiger charge is -2.12. The quantitative estimate of drug-likeness (QED) is 0.879. The maximum atomic E-state index is 5.98. The molecule has 3 rings (SSSR count). The molecule has 2 aromatic rings. The van der Waals surface area contributed by atoms with Crippen molar-refractivity contribution in [3.8, 4) is 0 Å². The number of hydrogen-bond acceptors (Lipinski definition) is 5. The molecule has 0 unspecified atom stereocenters. The predicted molar refractivity (Wildman–Crippen MR) is 85.5 cm³/mol. The van der Waals surface area contributed by atoms with Crippen molar-refractivity contribution in [1.29, 1.82) is 0 Å². The Morgan fingerprint density at radius 2 is 1.90 bits per heavy atom. The lowest BCUT2D eigenvalue weighted by atomic mass is 10.2. The van der Waals surface area contributed by atoms with Crippen LogP contribution in [0, 0.1) is 0 Å². The fourth-order valence-electron chi connectivity index (χ4n) is 2.41. The first kappa shape index (κ1) is 14.4. The third-order valence-electron chi connectivity index (χ3n) is 3.44. The Bertz CT molecular complexity index is 629. The standard InChI is InChI=1S/C14H15Cl2N5/c15-11-6-5-10(7-12(11)16)19-14-20-13(8-17-21-14)18-9-3-1-2-4-9/h5-9H,1-4H2,(H2,18,19,20,21). The van der Waals surface area contributed by atoms with Crippen LogP contribution < -0.4 is 10.6 Å². The van der Waals surface area contributed by atoms with Gasteiger partial charge in [0.05, 0.1) is 16.2 Å². The van der Waals surface area contributed by atoms with E-state index < -0.39 is 0 Å². The van der Waals surface area contributed by atoms with Gasteiger partial charge in [-0.1, -0.05) is 36.0 Å². The summed E-state index contributed by atoms with van der Waals surface area (Å²) in [5.41, 5.74) is 0.768. The topological polar surface area (TPSA) is 62.7 Å². The van der Waals surface area contributed by atoms with Gasteiger partial charge < -0.3 is 10.6 Å². The van der Waals surface area contributed by atoms with Crippen molar-refractivity contribution in [1.82, 2.24) is 15.2 Å². The molecule has 2 N–H and O–H groups in total. The second-order valence-corrected chi connectivity index (χ2v) is 5.86. The summed E-state index contributed by atoms with van der Waals surface area (Å²) in [6.45, 7) is 0. The summed E-state index contributed by atoms with van der Waals surface area (Å²) >= 11 is 11.9. The molecule has 1 saturated carbocycles. The first-order chi connectivity index (χ1) is 10.2. The molecule has 21 heavy (non-hydrogen) atoms. The van der Waals surface area contributed by atoms with E-state index >= 15 is 0 Å². The molecule has 110 valence electrons. The minimum atomic E-state index is 0.427. The first-order valence-electron chi connectivity index (χ1n) is 6.89. The summed E-state index contributed by atoms with van der Waals surface area (Å²) < 4.78 is 0. The molecule has 0 aliphatic heterocycles. The zero-order chi connectivity index (χ0) is 14.7. The average molecular weight is 324 g/mol. The van der Waals surface area contributed by atoms with E-state index in [9.17, 15) is 0 Å². The zero-order valence-corrected chi connectivity index (χ0v) is 12.8. The molecule has 0 saturated heterocycles. The van der Waals surface area contributed by atoms with E-state index in [0.29, 0.717) is 22.0 Å². The molecule has 1 aliphatic carbocycles. The fourth-order valence-corrected chi connectivity index (χ4v) is 2.71. The number of halogens is 2. The summed E-state index contributed by atoms with van der Waals surface area (Å²) in [6, 6.07) is 5.75. The van der Waals surface area contributed by atoms with Gasteiger partial charge in [0, 0.05) is 11.7 Å². The molecule has 1 fully saturated rings. The Balaban J connectivity index is 1.71. The van der Waals surface area contributed by atoms with Crippen LogP contribution in [0.3, 0.4) is 0 Å².